The van der Waals surface area contributed by atoms with E-state index in [0.717, 1.165) is 11.1 Å². The van der Waals surface area contributed by atoms with Crippen LogP contribution < -0.4 is 0 Å². The first kappa shape index (κ1) is 22.0. The second-order valence-electron chi connectivity index (χ2n) is 7.37. The Hall–Kier alpha value is -3.19. The van der Waals surface area contributed by atoms with Crippen molar-refractivity contribution < 1.29 is 18.3 Å². The summed E-state index contributed by atoms with van der Waals surface area (Å²) in [6, 6.07) is 16.9. The highest BCUT2D eigenvalue weighted by Crippen LogP contribution is 2.30. The van der Waals surface area contributed by atoms with Gasteiger partial charge in [0.25, 0.3) is 0 Å². The van der Waals surface area contributed by atoms with Gasteiger partial charge < -0.3 is 9.30 Å². The lowest BCUT2D eigenvalue weighted by molar-refractivity contribution is 0.0526. The number of benzene rings is 3. The molecule has 1 aromatic heterocycles. The first-order valence-electron chi connectivity index (χ1n) is 10.2. The summed E-state index contributed by atoms with van der Waals surface area (Å²) in [5.41, 5.74) is 3.80. The molecular weight excluding hydrogens is 430 g/mol. The predicted octanol–water partition coefficient (Wildman–Crippen LogP) is 6.14. The van der Waals surface area contributed by atoms with E-state index in [1.165, 1.54) is 23.9 Å². The highest BCUT2D eigenvalue weighted by Gasteiger charge is 2.16. The average Bonchev–Trinajstić information content (AvgIpc) is 3.11. The number of hydrogen-bond acceptors (Lipinski definition) is 4. The Balaban J connectivity index is 1.72. The van der Waals surface area contributed by atoms with Crippen LogP contribution in [0.25, 0.3) is 11.0 Å². The van der Waals surface area contributed by atoms with Crippen molar-refractivity contribution in [2.75, 3.05) is 6.61 Å². The Morgan fingerprint density at radius 2 is 1.91 bits per heavy atom. The van der Waals surface area contributed by atoms with E-state index < -0.39 is 5.97 Å². The number of carbonyl (C=O) groups excluding carboxylic acids is 1. The number of nitrogens with zero attached hydrogens (tertiary/aromatic N) is 2. The van der Waals surface area contributed by atoms with Gasteiger partial charge in [-0.05, 0) is 60.9 Å². The second kappa shape index (κ2) is 9.53. The number of imidazole rings is 1. The van der Waals surface area contributed by atoms with Crippen LogP contribution in [0.3, 0.4) is 0 Å². The number of rotatable bonds is 7. The van der Waals surface area contributed by atoms with E-state index in [-0.39, 0.29) is 18.2 Å². The molecule has 0 amide bonds. The zero-order valence-electron chi connectivity index (χ0n) is 17.8. The summed E-state index contributed by atoms with van der Waals surface area (Å²) in [4.78, 5) is 16.8. The smallest absolute Gasteiger partial charge is 0.338 e. The normalized spacial score (nSPS) is 11.1. The zero-order chi connectivity index (χ0) is 22.7. The van der Waals surface area contributed by atoms with E-state index in [4.69, 9.17) is 9.72 Å². The molecule has 0 aliphatic carbocycles. The van der Waals surface area contributed by atoms with Gasteiger partial charge in [-0.25, -0.2) is 18.6 Å². The van der Waals surface area contributed by atoms with E-state index in [2.05, 4.69) is 0 Å². The molecule has 4 aromatic rings. The van der Waals surface area contributed by atoms with E-state index in [1.807, 2.05) is 22.8 Å². The van der Waals surface area contributed by atoms with E-state index in [9.17, 15) is 13.6 Å². The van der Waals surface area contributed by atoms with Crippen LogP contribution in [0.1, 0.15) is 34.0 Å². The monoisotopic (exact) mass is 452 g/mol. The average molecular weight is 453 g/mol. The summed E-state index contributed by atoms with van der Waals surface area (Å²) in [6.45, 7) is 4.17. The van der Waals surface area contributed by atoms with Gasteiger partial charge in [0, 0.05) is 5.75 Å². The molecule has 7 heteroatoms. The van der Waals surface area contributed by atoms with Crippen molar-refractivity contribution in [2.24, 2.45) is 0 Å². The van der Waals surface area contributed by atoms with Crippen LogP contribution in [-0.2, 0) is 17.0 Å². The lowest BCUT2D eigenvalue weighted by atomic mass is 10.1. The number of ether oxygens (including phenoxy) is 1. The highest BCUT2D eigenvalue weighted by atomic mass is 32.2. The molecule has 0 aliphatic rings. The Morgan fingerprint density at radius 1 is 1.09 bits per heavy atom. The number of thioether (sulfide) groups is 1. The number of fused-ring (bicyclic) bond motifs is 1. The lowest BCUT2D eigenvalue weighted by Crippen LogP contribution is -2.05. The molecule has 3 aromatic carbocycles. The van der Waals surface area contributed by atoms with Crippen LogP contribution in [-0.4, -0.2) is 22.1 Å². The van der Waals surface area contributed by atoms with Crippen LogP contribution in [0.2, 0.25) is 0 Å². The van der Waals surface area contributed by atoms with Gasteiger partial charge in [-0.1, -0.05) is 42.1 Å². The fourth-order valence-corrected chi connectivity index (χ4v) is 4.48. The fourth-order valence-electron chi connectivity index (χ4n) is 3.49. The molecule has 0 atom stereocenters. The van der Waals surface area contributed by atoms with Crippen molar-refractivity contribution in [3.63, 3.8) is 0 Å². The summed E-state index contributed by atoms with van der Waals surface area (Å²) < 4.78 is 35.3. The quantitative estimate of drug-likeness (QED) is 0.250. The van der Waals surface area contributed by atoms with Crippen molar-refractivity contribution in [3.05, 3.63) is 94.6 Å². The van der Waals surface area contributed by atoms with E-state index in [0.29, 0.717) is 39.7 Å². The van der Waals surface area contributed by atoms with Crippen LogP contribution in [0.15, 0.2) is 65.8 Å². The summed E-state index contributed by atoms with van der Waals surface area (Å²) in [5, 5.41) is 0.658. The molecule has 0 bridgehead atoms. The Morgan fingerprint density at radius 3 is 2.69 bits per heavy atom. The highest BCUT2D eigenvalue weighted by molar-refractivity contribution is 7.98. The maximum atomic E-state index is 14.5. The van der Waals surface area contributed by atoms with Gasteiger partial charge >= 0.3 is 5.97 Å². The zero-order valence-corrected chi connectivity index (χ0v) is 18.6. The van der Waals surface area contributed by atoms with Crippen molar-refractivity contribution >= 4 is 28.8 Å². The molecule has 0 spiro atoms. The van der Waals surface area contributed by atoms with Gasteiger partial charge in [0.2, 0.25) is 0 Å². The fraction of sp³-hybridized carbons (Fsp3) is 0.200. The molecule has 0 aliphatic heterocycles. The molecule has 0 saturated carbocycles. The van der Waals surface area contributed by atoms with Gasteiger partial charge in [-0.3, -0.25) is 0 Å². The van der Waals surface area contributed by atoms with Gasteiger partial charge in [0.05, 0.1) is 29.7 Å². The molecule has 1 heterocycles. The first-order valence-corrected chi connectivity index (χ1v) is 11.2. The number of hydrogen-bond donors (Lipinski definition) is 0. The van der Waals surface area contributed by atoms with Gasteiger partial charge in [0.1, 0.15) is 11.6 Å². The second-order valence-corrected chi connectivity index (χ2v) is 8.31. The molecule has 4 rings (SSSR count). The molecule has 0 N–H and O–H groups in total. The number of carbonyl (C=O) groups is 1. The van der Waals surface area contributed by atoms with E-state index in [1.54, 1.807) is 44.2 Å². The Kier molecular flexibility index (Phi) is 6.55. The minimum Gasteiger partial charge on any atom is -0.462 e. The molecule has 0 unspecified atom stereocenters. The Bertz CT molecular complexity index is 1290. The minimum absolute atomic E-state index is 0.225. The predicted molar refractivity (Wildman–Crippen MR) is 122 cm³/mol. The van der Waals surface area contributed by atoms with Crippen LogP contribution in [0.5, 0.6) is 0 Å². The number of esters is 1. The van der Waals surface area contributed by atoms with Crippen LogP contribution in [0, 0.1) is 18.6 Å². The van der Waals surface area contributed by atoms with Gasteiger partial charge in [-0.2, -0.15) is 0 Å². The largest absolute Gasteiger partial charge is 0.462 e. The van der Waals surface area contributed by atoms with Crippen molar-refractivity contribution in [2.45, 2.75) is 31.3 Å². The SMILES string of the molecule is CCOC(=O)c1ccc2c(c1)nc(SCc1cccc(C)c1F)n2Cc1cccc(F)c1. The standard InChI is InChI=1S/C25H22F2N2O2S/c1-3-31-24(30)18-10-11-22-21(13-18)28-25(29(22)14-17-7-5-9-20(26)12-17)32-15-19-8-4-6-16(2)23(19)27/h4-13H,3,14-15H2,1-2H3. The first-order chi connectivity index (χ1) is 15.5. The maximum Gasteiger partial charge on any atom is 0.338 e. The van der Waals surface area contributed by atoms with Crippen LogP contribution >= 0.6 is 11.8 Å². The summed E-state index contributed by atoms with van der Waals surface area (Å²) >= 11 is 1.40. The Labute approximate surface area is 189 Å². The van der Waals surface area contributed by atoms with E-state index >= 15 is 0 Å². The molecule has 4 nitrogen and oxygen atoms in total. The third-order valence-corrected chi connectivity index (χ3v) is 6.11. The lowest BCUT2D eigenvalue weighted by Gasteiger charge is -2.10. The van der Waals surface area contributed by atoms with Crippen molar-refractivity contribution in [3.8, 4) is 0 Å². The minimum atomic E-state index is -0.412. The third kappa shape index (κ3) is 4.67. The van der Waals surface area contributed by atoms with Crippen molar-refractivity contribution in [1.29, 1.82) is 0 Å². The number of halogens is 2. The molecular formula is C25H22F2N2O2S. The number of aromatic nitrogens is 2. The molecule has 164 valence electrons. The molecule has 0 fully saturated rings. The van der Waals surface area contributed by atoms with Gasteiger partial charge in [-0.15, -0.1) is 0 Å². The summed E-state index contributed by atoms with van der Waals surface area (Å²) in [7, 11) is 0. The number of aryl methyl sites for hydroxylation is 1. The van der Waals surface area contributed by atoms with Crippen LogP contribution in [0.4, 0.5) is 8.78 Å². The molecule has 0 saturated heterocycles. The third-order valence-electron chi connectivity index (χ3n) is 5.08. The maximum absolute atomic E-state index is 14.5. The summed E-state index contributed by atoms with van der Waals surface area (Å²) in [5.74, 6) is -0.555. The molecule has 0 radical (unpaired) electrons. The summed E-state index contributed by atoms with van der Waals surface area (Å²) in [6.07, 6.45) is 0. The molecule has 32 heavy (non-hydrogen) atoms. The van der Waals surface area contributed by atoms with Gasteiger partial charge in [0.15, 0.2) is 5.16 Å². The topological polar surface area (TPSA) is 44.1 Å². The van der Waals surface area contributed by atoms with Crippen molar-refractivity contribution in [1.82, 2.24) is 9.55 Å².